The third kappa shape index (κ3) is 5.23. The summed E-state index contributed by atoms with van der Waals surface area (Å²) < 4.78 is 5.20. The number of carbonyl (C=O) groups is 1. The van der Waals surface area contributed by atoms with Crippen molar-refractivity contribution in [3.05, 3.63) is 36.3 Å². The predicted molar refractivity (Wildman–Crippen MR) is 109 cm³/mol. The quantitative estimate of drug-likeness (QED) is 0.328. The summed E-state index contributed by atoms with van der Waals surface area (Å²) in [5.41, 5.74) is 0. The number of piperazine rings is 1. The van der Waals surface area contributed by atoms with Crippen LogP contribution in [0.2, 0.25) is 0 Å². The van der Waals surface area contributed by atoms with E-state index in [0.29, 0.717) is 24.8 Å². The molecule has 1 amide bonds. The third-order valence-corrected chi connectivity index (χ3v) is 4.74. The fourth-order valence-corrected chi connectivity index (χ4v) is 3.29. The standard InChI is InChI=1S/C18H26N4O2.HI/c1-19-18(20-14-15-6-3-2-4-7-15)22-11-9-21(10-12-22)17(23)16-8-5-13-24-16;/h2-3,5,8,13,15H,4,6-7,9-12,14H2,1H3,(H,19,20);1H. The number of carbonyl (C=O) groups excluding carboxylic acids is 1. The van der Waals surface area contributed by atoms with Crippen molar-refractivity contribution in [2.24, 2.45) is 10.9 Å². The van der Waals surface area contributed by atoms with Crippen LogP contribution >= 0.6 is 24.0 Å². The molecule has 1 aromatic rings. The molecule has 1 atom stereocenters. The minimum atomic E-state index is -0.0309. The van der Waals surface area contributed by atoms with Crippen molar-refractivity contribution in [2.75, 3.05) is 39.8 Å². The number of guanidine groups is 1. The second kappa shape index (κ2) is 9.84. The van der Waals surface area contributed by atoms with Crippen LogP contribution in [-0.4, -0.2) is 61.4 Å². The Kier molecular flexibility index (Phi) is 7.80. The zero-order valence-electron chi connectivity index (χ0n) is 14.7. The first-order chi connectivity index (χ1) is 11.8. The molecule has 25 heavy (non-hydrogen) atoms. The Labute approximate surface area is 166 Å². The van der Waals surface area contributed by atoms with E-state index in [1.54, 1.807) is 12.1 Å². The van der Waals surface area contributed by atoms with Crippen molar-refractivity contribution < 1.29 is 9.21 Å². The highest BCUT2D eigenvalue weighted by atomic mass is 127. The van der Waals surface area contributed by atoms with Crippen molar-refractivity contribution in [3.8, 4) is 0 Å². The summed E-state index contributed by atoms with van der Waals surface area (Å²) in [7, 11) is 1.82. The van der Waals surface area contributed by atoms with E-state index >= 15 is 0 Å². The van der Waals surface area contributed by atoms with E-state index in [1.807, 2.05) is 11.9 Å². The topological polar surface area (TPSA) is 61.1 Å². The molecule has 1 unspecified atom stereocenters. The molecule has 0 radical (unpaired) electrons. The summed E-state index contributed by atoms with van der Waals surface area (Å²) in [4.78, 5) is 20.8. The lowest BCUT2D eigenvalue weighted by Crippen LogP contribution is -2.54. The van der Waals surface area contributed by atoms with Crippen LogP contribution < -0.4 is 5.32 Å². The van der Waals surface area contributed by atoms with Crippen LogP contribution in [0.15, 0.2) is 40.0 Å². The number of amides is 1. The van der Waals surface area contributed by atoms with Gasteiger partial charge in [-0.1, -0.05) is 12.2 Å². The average molecular weight is 458 g/mol. The van der Waals surface area contributed by atoms with Crippen LogP contribution in [0, 0.1) is 5.92 Å². The fourth-order valence-electron chi connectivity index (χ4n) is 3.29. The van der Waals surface area contributed by atoms with Gasteiger partial charge >= 0.3 is 0 Å². The van der Waals surface area contributed by atoms with Crippen molar-refractivity contribution in [1.29, 1.82) is 0 Å². The molecule has 2 heterocycles. The lowest BCUT2D eigenvalue weighted by atomic mass is 9.94. The Morgan fingerprint density at radius 3 is 2.64 bits per heavy atom. The van der Waals surface area contributed by atoms with Gasteiger partial charge in [-0.2, -0.15) is 0 Å². The van der Waals surface area contributed by atoms with Gasteiger partial charge in [0, 0.05) is 39.8 Å². The van der Waals surface area contributed by atoms with Crippen molar-refractivity contribution in [3.63, 3.8) is 0 Å². The van der Waals surface area contributed by atoms with Crippen LogP contribution in [0.25, 0.3) is 0 Å². The minimum absolute atomic E-state index is 0. The Morgan fingerprint density at radius 1 is 1.28 bits per heavy atom. The number of hydrogen-bond donors (Lipinski definition) is 1. The molecule has 7 heteroatoms. The van der Waals surface area contributed by atoms with E-state index in [1.165, 1.54) is 19.1 Å². The largest absolute Gasteiger partial charge is 0.459 e. The minimum Gasteiger partial charge on any atom is -0.459 e. The smallest absolute Gasteiger partial charge is 0.289 e. The molecule has 1 aliphatic heterocycles. The summed E-state index contributed by atoms with van der Waals surface area (Å²) in [5, 5.41) is 3.50. The summed E-state index contributed by atoms with van der Waals surface area (Å²) in [6.45, 7) is 3.91. The predicted octanol–water partition coefficient (Wildman–Crippen LogP) is 2.59. The Balaban J connectivity index is 0.00000225. The van der Waals surface area contributed by atoms with Crippen LogP contribution in [0.1, 0.15) is 29.8 Å². The zero-order valence-corrected chi connectivity index (χ0v) is 17.0. The second-order valence-electron chi connectivity index (χ2n) is 6.34. The zero-order chi connectivity index (χ0) is 16.8. The molecule has 1 fully saturated rings. The van der Waals surface area contributed by atoms with E-state index in [9.17, 15) is 4.79 Å². The Bertz CT molecular complexity index is 592. The normalized spacial score (nSPS) is 21.0. The number of hydrogen-bond acceptors (Lipinski definition) is 3. The molecule has 138 valence electrons. The molecule has 0 spiro atoms. The number of furan rings is 1. The van der Waals surface area contributed by atoms with Crippen molar-refractivity contribution >= 4 is 35.8 Å². The molecule has 1 aliphatic carbocycles. The first-order valence-electron chi connectivity index (χ1n) is 8.71. The first-order valence-corrected chi connectivity index (χ1v) is 8.71. The van der Waals surface area contributed by atoms with E-state index in [-0.39, 0.29) is 29.9 Å². The van der Waals surface area contributed by atoms with Crippen LogP contribution in [0.4, 0.5) is 0 Å². The molecular formula is C18H27IN4O2. The number of aliphatic imine (C=N–C) groups is 1. The molecule has 6 nitrogen and oxygen atoms in total. The summed E-state index contributed by atoms with van der Waals surface area (Å²) in [6.07, 6.45) is 9.65. The van der Waals surface area contributed by atoms with E-state index in [2.05, 4.69) is 27.4 Å². The molecule has 3 rings (SSSR count). The molecule has 0 bridgehead atoms. The molecular weight excluding hydrogens is 431 g/mol. The van der Waals surface area contributed by atoms with Crippen LogP contribution in [-0.2, 0) is 0 Å². The van der Waals surface area contributed by atoms with E-state index < -0.39 is 0 Å². The van der Waals surface area contributed by atoms with Gasteiger partial charge in [-0.25, -0.2) is 0 Å². The van der Waals surface area contributed by atoms with Crippen LogP contribution in [0.3, 0.4) is 0 Å². The van der Waals surface area contributed by atoms with Gasteiger partial charge in [0.1, 0.15) is 0 Å². The maximum atomic E-state index is 12.3. The summed E-state index contributed by atoms with van der Waals surface area (Å²) >= 11 is 0. The van der Waals surface area contributed by atoms with Gasteiger partial charge in [-0.3, -0.25) is 9.79 Å². The number of nitrogens with zero attached hydrogens (tertiary/aromatic N) is 3. The highest BCUT2D eigenvalue weighted by Crippen LogP contribution is 2.17. The maximum Gasteiger partial charge on any atom is 0.289 e. The van der Waals surface area contributed by atoms with Gasteiger partial charge in [0.2, 0.25) is 0 Å². The van der Waals surface area contributed by atoms with Gasteiger partial charge in [0.15, 0.2) is 11.7 Å². The highest BCUT2D eigenvalue weighted by Gasteiger charge is 2.25. The fraction of sp³-hybridized carbons (Fsp3) is 0.556. The van der Waals surface area contributed by atoms with Crippen molar-refractivity contribution in [2.45, 2.75) is 19.3 Å². The average Bonchev–Trinajstić information content (AvgIpc) is 3.18. The molecule has 0 aromatic carbocycles. The van der Waals surface area contributed by atoms with Gasteiger partial charge in [0.25, 0.3) is 5.91 Å². The SMILES string of the molecule is CN=C(NCC1CC=CCC1)N1CCN(C(=O)c2ccco2)CC1.I. The molecule has 1 saturated heterocycles. The van der Waals surface area contributed by atoms with Crippen molar-refractivity contribution in [1.82, 2.24) is 15.1 Å². The summed E-state index contributed by atoms with van der Waals surface area (Å²) in [6, 6.07) is 3.46. The maximum absolute atomic E-state index is 12.3. The number of nitrogens with one attached hydrogen (secondary N) is 1. The van der Waals surface area contributed by atoms with E-state index in [0.717, 1.165) is 32.0 Å². The second-order valence-corrected chi connectivity index (χ2v) is 6.34. The highest BCUT2D eigenvalue weighted by molar-refractivity contribution is 14.0. The number of halogens is 1. The molecule has 1 aromatic heterocycles. The number of allylic oxidation sites excluding steroid dienone is 2. The van der Waals surface area contributed by atoms with Gasteiger partial charge in [0.05, 0.1) is 6.26 Å². The molecule has 2 aliphatic rings. The van der Waals surface area contributed by atoms with Gasteiger partial charge in [-0.15, -0.1) is 24.0 Å². The lowest BCUT2D eigenvalue weighted by molar-refractivity contribution is 0.0657. The summed E-state index contributed by atoms with van der Waals surface area (Å²) in [5.74, 6) is 2.01. The Morgan fingerprint density at radius 2 is 2.04 bits per heavy atom. The third-order valence-electron chi connectivity index (χ3n) is 4.74. The number of rotatable bonds is 3. The molecule has 1 N–H and O–H groups in total. The first kappa shape index (κ1) is 19.8. The van der Waals surface area contributed by atoms with E-state index in [4.69, 9.17) is 4.42 Å². The van der Waals surface area contributed by atoms with Crippen LogP contribution in [0.5, 0.6) is 0 Å². The van der Waals surface area contributed by atoms with Gasteiger partial charge < -0.3 is 19.5 Å². The lowest BCUT2D eigenvalue weighted by Gasteiger charge is -2.36. The Hall–Kier alpha value is -1.51. The monoisotopic (exact) mass is 458 g/mol. The molecule has 0 saturated carbocycles. The van der Waals surface area contributed by atoms with Gasteiger partial charge in [-0.05, 0) is 37.3 Å².